The van der Waals surface area contributed by atoms with Crippen LogP contribution in [0.1, 0.15) is 71.1 Å². The molecule has 2 saturated heterocycles. The number of piperidine rings is 1. The van der Waals surface area contributed by atoms with E-state index in [0.29, 0.717) is 17.6 Å². The van der Waals surface area contributed by atoms with Gasteiger partial charge in [0.15, 0.2) is 5.96 Å². The standard InChI is InChI=1S/C23H43N3O3/c1-3-24-22(25-19-23(13-17-27-2)11-5-6-12-23)26-14-9-20(10-15-26)29-18-21-8-4-7-16-28-21/h20-21H,3-19H2,1-2H3,(H,24,25). The Morgan fingerprint density at radius 2 is 1.93 bits per heavy atom. The molecular weight excluding hydrogens is 366 g/mol. The molecule has 1 N–H and O–H groups in total. The summed E-state index contributed by atoms with van der Waals surface area (Å²) in [4.78, 5) is 7.53. The highest BCUT2D eigenvalue weighted by atomic mass is 16.5. The molecule has 29 heavy (non-hydrogen) atoms. The van der Waals surface area contributed by atoms with Crippen LogP contribution in [-0.2, 0) is 14.2 Å². The van der Waals surface area contributed by atoms with Crippen LogP contribution in [0.4, 0.5) is 0 Å². The molecule has 3 aliphatic rings. The minimum atomic E-state index is 0.315. The molecule has 2 heterocycles. The van der Waals surface area contributed by atoms with E-state index in [2.05, 4.69) is 17.1 Å². The van der Waals surface area contributed by atoms with Crippen molar-refractivity contribution in [2.24, 2.45) is 10.4 Å². The number of nitrogens with zero attached hydrogens (tertiary/aromatic N) is 2. The molecule has 3 rings (SSSR count). The molecule has 1 atom stereocenters. The predicted molar refractivity (Wildman–Crippen MR) is 118 cm³/mol. The third kappa shape index (κ3) is 7.11. The number of rotatable bonds is 9. The summed E-state index contributed by atoms with van der Waals surface area (Å²) in [5.41, 5.74) is 0.345. The van der Waals surface area contributed by atoms with E-state index in [1.165, 1.54) is 38.5 Å². The fourth-order valence-electron chi connectivity index (χ4n) is 5.02. The van der Waals surface area contributed by atoms with Crippen molar-refractivity contribution in [3.63, 3.8) is 0 Å². The van der Waals surface area contributed by atoms with Crippen LogP contribution >= 0.6 is 0 Å². The fourth-order valence-corrected chi connectivity index (χ4v) is 5.02. The Morgan fingerprint density at radius 1 is 1.14 bits per heavy atom. The maximum atomic E-state index is 6.19. The molecule has 0 bridgehead atoms. The molecule has 0 aromatic carbocycles. The van der Waals surface area contributed by atoms with Crippen molar-refractivity contribution in [2.75, 3.05) is 53.1 Å². The van der Waals surface area contributed by atoms with Gasteiger partial charge in [0.2, 0.25) is 0 Å². The molecule has 0 aromatic rings. The minimum Gasteiger partial charge on any atom is -0.385 e. The average molecular weight is 410 g/mol. The van der Waals surface area contributed by atoms with Gasteiger partial charge in [-0.1, -0.05) is 12.8 Å². The highest BCUT2D eigenvalue weighted by molar-refractivity contribution is 5.80. The van der Waals surface area contributed by atoms with Crippen LogP contribution < -0.4 is 5.32 Å². The summed E-state index contributed by atoms with van der Waals surface area (Å²) < 4.78 is 17.4. The lowest BCUT2D eigenvalue weighted by Crippen LogP contribution is -2.47. The zero-order chi connectivity index (χ0) is 20.4. The molecule has 0 radical (unpaired) electrons. The molecule has 1 aliphatic carbocycles. The summed E-state index contributed by atoms with van der Waals surface area (Å²) in [5, 5.41) is 3.53. The second kappa shape index (κ2) is 12.1. The summed E-state index contributed by atoms with van der Waals surface area (Å²) in [6.07, 6.45) is 12.8. The minimum absolute atomic E-state index is 0.315. The maximum Gasteiger partial charge on any atom is 0.193 e. The van der Waals surface area contributed by atoms with Crippen LogP contribution in [0.5, 0.6) is 0 Å². The van der Waals surface area contributed by atoms with Crippen LogP contribution in [0.2, 0.25) is 0 Å². The predicted octanol–water partition coefficient (Wildman–Crippen LogP) is 3.60. The van der Waals surface area contributed by atoms with Crippen LogP contribution in [0.15, 0.2) is 4.99 Å². The normalized spacial score (nSPS) is 26.1. The van der Waals surface area contributed by atoms with Crippen LogP contribution in [0, 0.1) is 5.41 Å². The second-order valence-electron chi connectivity index (χ2n) is 9.13. The van der Waals surface area contributed by atoms with E-state index in [1.54, 1.807) is 0 Å². The first-order chi connectivity index (χ1) is 14.2. The number of likely N-dealkylation sites (tertiary alicyclic amines) is 1. The van der Waals surface area contributed by atoms with Crippen LogP contribution in [-0.4, -0.2) is 76.2 Å². The van der Waals surface area contributed by atoms with Crippen molar-refractivity contribution in [3.8, 4) is 0 Å². The van der Waals surface area contributed by atoms with Gasteiger partial charge in [0.1, 0.15) is 0 Å². The Bertz CT molecular complexity index is 480. The van der Waals surface area contributed by atoms with Gasteiger partial charge in [0.25, 0.3) is 0 Å². The molecule has 6 nitrogen and oxygen atoms in total. The molecule has 0 spiro atoms. The number of guanidine groups is 1. The van der Waals surface area contributed by atoms with Gasteiger partial charge in [-0.25, -0.2) is 0 Å². The second-order valence-corrected chi connectivity index (χ2v) is 9.13. The van der Waals surface area contributed by atoms with E-state index in [4.69, 9.17) is 19.2 Å². The summed E-state index contributed by atoms with van der Waals surface area (Å²) in [7, 11) is 1.81. The van der Waals surface area contributed by atoms with Crippen molar-refractivity contribution in [2.45, 2.75) is 83.3 Å². The van der Waals surface area contributed by atoms with E-state index in [9.17, 15) is 0 Å². The Labute approximate surface area is 177 Å². The molecule has 1 unspecified atom stereocenters. The smallest absolute Gasteiger partial charge is 0.193 e. The van der Waals surface area contributed by atoms with Crippen LogP contribution in [0.25, 0.3) is 0 Å². The van der Waals surface area contributed by atoms with E-state index in [1.807, 2.05) is 7.11 Å². The van der Waals surface area contributed by atoms with Crippen molar-refractivity contribution in [1.29, 1.82) is 0 Å². The van der Waals surface area contributed by atoms with E-state index >= 15 is 0 Å². The Kier molecular flexibility index (Phi) is 9.53. The van der Waals surface area contributed by atoms with Gasteiger partial charge >= 0.3 is 0 Å². The van der Waals surface area contributed by atoms with Gasteiger partial charge in [-0.2, -0.15) is 0 Å². The van der Waals surface area contributed by atoms with Gasteiger partial charge in [-0.3, -0.25) is 4.99 Å². The first-order valence-electron chi connectivity index (χ1n) is 12.0. The van der Waals surface area contributed by atoms with Gasteiger partial charge in [0.05, 0.1) is 18.8 Å². The highest BCUT2D eigenvalue weighted by Crippen LogP contribution is 2.41. The van der Waals surface area contributed by atoms with E-state index in [-0.39, 0.29) is 0 Å². The first-order valence-corrected chi connectivity index (χ1v) is 12.0. The first kappa shape index (κ1) is 22.8. The molecule has 1 saturated carbocycles. The molecule has 6 heteroatoms. The quantitative estimate of drug-likeness (QED) is 0.466. The van der Waals surface area contributed by atoms with Crippen molar-refractivity contribution in [3.05, 3.63) is 0 Å². The molecule has 2 aliphatic heterocycles. The van der Waals surface area contributed by atoms with Gasteiger partial charge in [0, 0.05) is 46.5 Å². The summed E-state index contributed by atoms with van der Waals surface area (Å²) >= 11 is 0. The Hall–Kier alpha value is -0.850. The lowest BCUT2D eigenvalue weighted by atomic mass is 9.83. The molecule has 3 fully saturated rings. The lowest BCUT2D eigenvalue weighted by molar-refractivity contribution is -0.0721. The number of nitrogens with one attached hydrogen (secondary N) is 1. The summed E-state index contributed by atoms with van der Waals surface area (Å²) in [6, 6.07) is 0. The van der Waals surface area contributed by atoms with Crippen molar-refractivity contribution >= 4 is 5.96 Å². The monoisotopic (exact) mass is 409 g/mol. The maximum absolute atomic E-state index is 6.19. The average Bonchev–Trinajstić information content (AvgIpc) is 3.24. The SMILES string of the molecule is CCNC(=NCC1(CCOC)CCCC1)N1CCC(OCC2CCCCO2)CC1. The van der Waals surface area contributed by atoms with Crippen LogP contribution in [0.3, 0.4) is 0 Å². The summed E-state index contributed by atoms with van der Waals surface area (Å²) in [5.74, 6) is 1.09. The highest BCUT2D eigenvalue weighted by Gasteiger charge is 2.34. The number of aliphatic imine (C=N–C) groups is 1. The topological polar surface area (TPSA) is 55.3 Å². The largest absolute Gasteiger partial charge is 0.385 e. The zero-order valence-corrected chi connectivity index (χ0v) is 18.8. The molecular formula is C23H43N3O3. The summed E-state index contributed by atoms with van der Waals surface area (Å²) in [6.45, 7) is 8.56. The zero-order valence-electron chi connectivity index (χ0n) is 18.8. The van der Waals surface area contributed by atoms with Gasteiger partial charge < -0.3 is 24.4 Å². The number of ether oxygens (including phenoxy) is 3. The number of hydrogen-bond donors (Lipinski definition) is 1. The fraction of sp³-hybridized carbons (Fsp3) is 0.957. The van der Waals surface area contributed by atoms with Gasteiger partial charge in [-0.05, 0) is 63.7 Å². The van der Waals surface area contributed by atoms with Crippen molar-refractivity contribution in [1.82, 2.24) is 10.2 Å². The lowest BCUT2D eigenvalue weighted by Gasteiger charge is -2.35. The Morgan fingerprint density at radius 3 is 2.59 bits per heavy atom. The number of hydrogen-bond acceptors (Lipinski definition) is 4. The molecule has 0 amide bonds. The Balaban J connectivity index is 1.47. The molecule has 0 aromatic heterocycles. The van der Waals surface area contributed by atoms with E-state index < -0.39 is 0 Å². The van der Waals surface area contributed by atoms with Crippen molar-refractivity contribution < 1.29 is 14.2 Å². The number of methoxy groups -OCH3 is 1. The third-order valence-electron chi connectivity index (χ3n) is 6.93. The third-order valence-corrected chi connectivity index (χ3v) is 6.93. The van der Waals surface area contributed by atoms with E-state index in [0.717, 1.165) is 77.6 Å². The molecule has 168 valence electrons. The van der Waals surface area contributed by atoms with Gasteiger partial charge in [-0.15, -0.1) is 0 Å².